The van der Waals surface area contributed by atoms with E-state index in [1.807, 2.05) is 12.1 Å². The van der Waals surface area contributed by atoms with Crippen LogP contribution in [0, 0.1) is 0 Å². The SMILES string of the molecule is CCCNCc1ccc(-c2ccc(SC(F)F)cc2)cc1. The highest BCUT2D eigenvalue weighted by atomic mass is 32.2. The third-order valence-electron chi connectivity index (χ3n) is 3.12. The van der Waals surface area contributed by atoms with Crippen molar-refractivity contribution in [2.75, 3.05) is 6.54 Å². The molecule has 112 valence electrons. The standard InChI is InChI=1S/C17H19F2NS/c1-2-11-20-12-13-3-5-14(6-4-13)15-7-9-16(10-8-15)21-17(18)19/h3-10,17,20H,2,11-12H2,1H3. The fourth-order valence-corrected chi connectivity index (χ4v) is 2.55. The summed E-state index contributed by atoms with van der Waals surface area (Å²) in [6, 6.07) is 15.6. The maximum Gasteiger partial charge on any atom is 0.288 e. The Kier molecular flexibility index (Phi) is 6.21. The van der Waals surface area contributed by atoms with Gasteiger partial charge in [0.15, 0.2) is 0 Å². The predicted molar refractivity (Wildman–Crippen MR) is 85.7 cm³/mol. The van der Waals surface area contributed by atoms with Crippen molar-refractivity contribution in [1.82, 2.24) is 5.32 Å². The lowest BCUT2D eigenvalue weighted by atomic mass is 10.0. The average molecular weight is 307 g/mol. The molecule has 0 atom stereocenters. The van der Waals surface area contributed by atoms with Gasteiger partial charge in [0, 0.05) is 11.4 Å². The highest BCUT2D eigenvalue weighted by molar-refractivity contribution is 7.99. The van der Waals surface area contributed by atoms with E-state index in [0.717, 1.165) is 30.6 Å². The van der Waals surface area contributed by atoms with E-state index in [2.05, 4.69) is 36.5 Å². The molecule has 2 rings (SSSR count). The van der Waals surface area contributed by atoms with Crippen molar-refractivity contribution >= 4 is 11.8 Å². The second kappa shape index (κ2) is 8.15. The van der Waals surface area contributed by atoms with Crippen LogP contribution in [0.5, 0.6) is 0 Å². The van der Waals surface area contributed by atoms with Gasteiger partial charge in [-0.3, -0.25) is 0 Å². The Bertz CT molecular complexity index is 538. The Balaban J connectivity index is 2.01. The predicted octanol–water partition coefficient (Wildman–Crippen LogP) is 5.17. The van der Waals surface area contributed by atoms with Gasteiger partial charge in [0.1, 0.15) is 0 Å². The van der Waals surface area contributed by atoms with Crippen molar-refractivity contribution in [2.45, 2.75) is 30.5 Å². The van der Waals surface area contributed by atoms with Gasteiger partial charge < -0.3 is 5.32 Å². The molecule has 21 heavy (non-hydrogen) atoms. The monoisotopic (exact) mass is 307 g/mol. The quantitative estimate of drug-likeness (QED) is 0.559. The minimum absolute atomic E-state index is 0.574. The molecule has 0 spiro atoms. The van der Waals surface area contributed by atoms with Gasteiger partial charge in [-0.2, -0.15) is 8.78 Å². The van der Waals surface area contributed by atoms with E-state index < -0.39 is 5.76 Å². The molecule has 0 fully saturated rings. The minimum Gasteiger partial charge on any atom is -0.313 e. The van der Waals surface area contributed by atoms with Gasteiger partial charge in [-0.15, -0.1) is 0 Å². The molecule has 1 nitrogen and oxygen atoms in total. The summed E-state index contributed by atoms with van der Waals surface area (Å²) in [7, 11) is 0. The smallest absolute Gasteiger partial charge is 0.288 e. The third kappa shape index (κ3) is 5.14. The summed E-state index contributed by atoms with van der Waals surface area (Å²) in [6.07, 6.45) is 1.13. The van der Waals surface area contributed by atoms with E-state index in [1.165, 1.54) is 5.56 Å². The Morgan fingerprint density at radius 2 is 1.52 bits per heavy atom. The zero-order valence-corrected chi connectivity index (χ0v) is 12.8. The Hall–Kier alpha value is -1.39. The first kappa shape index (κ1) is 16.0. The molecule has 1 N–H and O–H groups in total. The van der Waals surface area contributed by atoms with Crippen LogP contribution in [-0.4, -0.2) is 12.3 Å². The fourth-order valence-electron chi connectivity index (χ4n) is 2.05. The van der Waals surface area contributed by atoms with E-state index in [4.69, 9.17) is 0 Å². The summed E-state index contributed by atoms with van der Waals surface area (Å²) in [5.41, 5.74) is 3.39. The second-order valence-corrected chi connectivity index (χ2v) is 5.84. The maximum absolute atomic E-state index is 12.3. The van der Waals surface area contributed by atoms with Crippen molar-refractivity contribution in [3.05, 3.63) is 54.1 Å². The molecule has 0 aromatic heterocycles. The van der Waals surface area contributed by atoms with Crippen LogP contribution in [0.25, 0.3) is 11.1 Å². The summed E-state index contributed by atoms with van der Waals surface area (Å²) in [5.74, 6) is -2.37. The topological polar surface area (TPSA) is 12.0 Å². The molecule has 0 saturated heterocycles. The summed E-state index contributed by atoms with van der Waals surface area (Å²) in [6.45, 7) is 4.04. The van der Waals surface area contributed by atoms with Gasteiger partial charge in [-0.1, -0.05) is 55.1 Å². The second-order valence-electron chi connectivity index (χ2n) is 4.78. The summed E-state index contributed by atoms with van der Waals surface area (Å²) in [5, 5.41) is 3.36. The molecule has 0 unspecified atom stereocenters. The number of benzene rings is 2. The fraction of sp³-hybridized carbons (Fsp3) is 0.294. The molecule has 0 aliphatic rings. The molecule has 2 aromatic carbocycles. The Labute approximate surface area is 128 Å². The maximum atomic E-state index is 12.3. The summed E-state index contributed by atoms with van der Waals surface area (Å²) < 4.78 is 24.5. The van der Waals surface area contributed by atoms with Crippen molar-refractivity contribution < 1.29 is 8.78 Å². The molecule has 2 aromatic rings. The van der Waals surface area contributed by atoms with Crippen LogP contribution in [0.2, 0.25) is 0 Å². The molecule has 0 radical (unpaired) electrons. The summed E-state index contributed by atoms with van der Waals surface area (Å²) in [4.78, 5) is 0.592. The summed E-state index contributed by atoms with van der Waals surface area (Å²) >= 11 is 0.574. The van der Waals surface area contributed by atoms with E-state index in [9.17, 15) is 8.78 Å². The van der Waals surface area contributed by atoms with Gasteiger partial charge >= 0.3 is 0 Å². The molecular formula is C17H19F2NS. The number of alkyl halides is 2. The zero-order valence-electron chi connectivity index (χ0n) is 12.0. The number of nitrogens with one attached hydrogen (secondary N) is 1. The van der Waals surface area contributed by atoms with Crippen LogP contribution < -0.4 is 5.32 Å². The largest absolute Gasteiger partial charge is 0.313 e. The molecule has 0 saturated carbocycles. The van der Waals surface area contributed by atoms with Gasteiger partial charge in [-0.25, -0.2) is 0 Å². The average Bonchev–Trinajstić information content (AvgIpc) is 2.49. The lowest BCUT2D eigenvalue weighted by molar-refractivity contribution is 0.252. The lowest BCUT2D eigenvalue weighted by Gasteiger charge is -2.07. The lowest BCUT2D eigenvalue weighted by Crippen LogP contribution is -2.13. The zero-order chi connectivity index (χ0) is 15.1. The number of thioether (sulfide) groups is 1. The molecule has 0 amide bonds. The van der Waals surface area contributed by atoms with Crippen LogP contribution in [0.4, 0.5) is 8.78 Å². The van der Waals surface area contributed by atoms with Crippen LogP contribution in [0.15, 0.2) is 53.4 Å². The van der Waals surface area contributed by atoms with Gasteiger partial charge in [0.05, 0.1) is 0 Å². The van der Waals surface area contributed by atoms with Crippen molar-refractivity contribution in [3.8, 4) is 11.1 Å². The van der Waals surface area contributed by atoms with Crippen molar-refractivity contribution in [2.24, 2.45) is 0 Å². The minimum atomic E-state index is -2.37. The van der Waals surface area contributed by atoms with E-state index in [-0.39, 0.29) is 0 Å². The first-order valence-corrected chi connectivity index (χ1v) is 7.92. The Morgan fingerprint density at radius 1 is 0.952 bits per heavy atom. The van der Waals surface area contributed by atoms with Gasteiger partial charge in [0.25, 0.3) is 5.76 Å². The molecule has 0 aliphatic heterocycles. The van der Waals surface area contributed by atoms with Crippen LogP contribution in [0.3, 0.4) is 0 Å². The molecular weight excluding hydrogens is 288 g/mol. The molecule has 0 aliphatic carbocycles. The highest BCUT2D eigenvalue weighted by Gasteiger charge is 2.05. The van der Waals surface area contributed by atoms with Crippen LogP contribution >= 0.6 is 11.8 Å². The normalized spacial score (nSPS) is 11.0. The van der Waals surface area contributed by atoms with Crippen LogP contribution in [-0.2, 0) is 6.54 Å². The van der Waals surface area contributed by atoms with E-state index in [1.54, 1.807) is 12.1 Å². The van der Waals surface area contributed by atoms with Crippen molar-refractivity contribution in [1.29, 1.82) is 0 Å². The van der Waals surface area contributed by atoms with Gasteiger partial charge in [-0.05, 0) is 41.8 Å². The van der Waals surface area contributed by atoms with Crippen molar-refractivity contribution in [3.63, 3.8) is 0 Å². The molecule has 4 heteroatoms. The highest BCUT2D eigenvalue weighted by Crippen LogP contribution is 2.28. The number of hydrogen-bond acceptors (Lipinski definition) is 2. The first-order chi connectivity index (χ1) is 10.2. The van der Waals surface area contributed by atoms with E-state index in [0.29, 0.717) is 16.7 Å². The number of rotatable bonds is 7. The first-order valence-electron chi connectivity index (χ1n) is 7.04. The number of hydrogen-bond donors (Lipinski definition) is 1. The molecule has 0 bridgehead atoms. The van der Waals surface area contributed by atoms with Gasteiger partial charge in [0.2, 0.25) is 0 Å². The number of halogens is 2. The van der Waals surface area contributed by atoms with Crippen LogP contribution in [0.1, 0.15) is 18.9 Å². The molecule has 0 heterocycles. The Morgan fingerprint density at radius 3 is 2.05 bits per heavy atom. The third-order valence-corrected chi connectivity index (χ3v) is 3.85. The van der Waals surface area contributed by atoms with E-state index >= 15 is 0 Å².